The molecule has 2 amide bonds. The van der Waals surface area contributed by atoms with Crippen LogP contribution in [0.2, 0.25) is 0 Å². The lowest BCUT2D eigenvalue weighted by atomic mass is 10.2. The minimum absolute atomic E-state index is 0.0571. The number of nitrogens with one attached hydrogen (secondary N) is 2. The molecule has 116 valence electrons. The van der Waals surface area contributed by atoms with Gasteiger partial charge in [0.1, 0.15) is 5.75 Å². The first-order valence-corrected chi connectivity index (χ1v) is 6.52. The zero-order valence-electron chi connectivity index (χ0n) is 11.1. The van der Waals surface area contributed by atoms with Gasteiger partial charge in [0.2, 0.25) is 0 Å². The Bertz CT molecular complexity index is 490. The molecule has 0 bridgehead atoms. The summed E-state index contributed by atoms with van der Waals surface area (Å²) in [4.78, 5) is 11.7. The molecule has 1 saturated carbocycles. The summed E-state index contributed by atoms with van der Waals surface area (Å²) in [5, 5.41) is 5.28. The highest BCUT2D eigenvalue weighted by atomic mass is 19.4. The van der Waals surface area contributed by atoms with E-state index < -0.39 is 12.4 Å². The van der Waals surface area contributed by atoms with Gasteiger partial charge >= 0.3 is 12.4 Å². The van der Waals surface area contributed by atoms with Crippen molar-refractivity contribution < 1.29 is 22.7 Å². The molecule has 1 fully saturated rings. The van der Waals surface area contributed by atoms with Crippen LogP contribution in [0.15, 0.2) is 24.3 Å². The van der Waals surface area contributed by atoms with Crippen LogP contribution in [-0.4, -0.2) is 24.5 Å². The maximum atomic E-state index is 12.0. The molecule has 2 atom stereocenters. The normalized spacial score (nSPS) is 21.9. The molecular formula is C13H16F3N3O2. The molecule has 5 nitrogen and oxygen atoms in total. The van der Waals surface area contributed by atoms with Gasteiger partial charge in [-0.2, -0.15) is 0 Å². The van der Waals surface area contributed by atoms with E-state index in [1.54, 1.807) is 0 Å². The fraction of sp³-hybridized carbons (Fsp3) is 0.462. The van der Waals surface area contributed by atoms with E-state index >= 15 is 0 Å². The predicted octanol–water partition coefficient (Wildman–Crippen LogP) is 2.59. The van der Waals surface area contributed by atoms with Crippen molar-refractivity contribution in [2.75, 3.05) is 5.32 Å². The SMILES string of the molecule is NC1CCCC1NC(=O)Nc1ccc(OC(F)(F)F)cc1. The Labute approximate surface area is 119 Å². The van der Waals surface area contributed by atoms with Crippen molar-refractivity contribution in [2.24, 2.45) is 5.73 Å². The monoisotopic (exact) mass is 303 g/mol. The second-order valence-corrected chi connectivity index (χ2v) is 4.87. The highest BCUT2D eigenvalue weighted by Crippen LogP contribution is 2.24. The largest absolute Gasteiger partial charge is 0.573 e. The van der Waals surface area contributed by atoms with Gasteiger partial charge in [0.15, 0.2) is 0 Å². The van der Waals surface area contributed by atoms with Crippen molar-refractivity contribution >= 4 is 11.7 Å². The average molecular weight is 303 g/mol. The number of nitrogens with two attached hydrogens (primary N) is 1. The van der Waals surface area contributed by atoms with Gasteiger partial charge in [0.05, 0.1) is 0 Å². The van der Waals surface area contributed by atoms with Crippen LogP contribution in [0.5, 0.6) is 5.75 Å². The lowest BCUT2D eigenvalue weighted by Gasteiger charge is -2.17. The Morgan fingerprint density at radius 2 is 1.90 bits per heavy atom. The highest BCUT2D eigenvalue weighted by molar-refractivity contribution is 5.89. The molecule has 8 heteroatoms. The Morgan fingerprint density at radius 1 is 1.24 bits per heavy atom. The summed E-state index contributed by atoms with van der Waals surface area (Å²) >= 11 is 0. The third-order valence-corrected chi connectivity index (χ3v) is 3.23. The number of anilines is 1. The van der Waals surface area contributed by atoms with E-state index in [-0.39, 0.29) is 17.8 Å². The summed E-state index contributed by atoms with van der Waals surface area (Å²) in [5.74, 6) is -0.341. The van der Waals surface area contributed by atoms with Crippen molar-refractivity contribution in [1.82, 2.24) is 5.32 Å². The molecule has 0 aliphatic heterocycles. The van der Waals surface area contributed by atoms with E-state index in [9.17, 15) is 18.0 Å². The molecule has 1 aliphatic carbocycles. The van der Waals surface area contributed by atoms with Crippen LogP contribution in [0.3, 0.4) is 0 Å². The van der Waals surface area contributed by atoms with Gasteiger partial charge in [0, 0.05) is 17.8 Å². The first-order chi connectivity index (χ1) is 9.83. The van der Waals surface area contributed by atoms with Crippen molar-refractivity contribution in [2.45, 2.75) is 37.7 Å². The van der Waals surface area contributed by atoms with Crippen LogP contribution in [0, 0.1) is 0 Å². The lowest BCUT2D eigenvalue weighted by Crippen LogP contribution is -2.45. The Hall–Kier alpha value is -1.96. The number of amides is 2. The van der Waals surface area contributed by atoms with Crippen molar-refractivity contribution in [3.63, 3.8) is 0 Å². The van der Waals surface area contributed by atoms with Crippen molar-refractivity contribution in [3.05, 3.63) is 24.3 Å². The molecular weight excluding hydrogens is 287 g/mol. The number of carbonyl (C=O) groups excluding carboxylic acids is 1. The van der Waals surface area contributed by atoms with Gasteiger partial charge in [0.25, 0.3) is 0 Å². The van der Waals surface area contributed by atoms with E-state index in [1.165, 1.54) is 12.1 Å². The first kappa shape index (κ1) is 15.4. The summed E-state index contributed by atoms with van der Waals surface area (Å²) in [7, 11) is 0. The van der Waals surface area contributed by atoms with E-state index in [0.717, 1.165) is 31.4 Å². The number of halogens is 3. The van der Waals surface area contributed by atoms with Crippen LogP contribution in [-0.2, 0) is 0 Å². The zero-order valence-corrected chi connectivity index (χ0v) is 11.1. The maximum absolute atomic E-state index is 12.0. The predicted molar refractivity (Wildman–Crippen MR) is 70.9 cm³/mol. The van der Waals surface area contributed by atoms with Gasteiger partial charge in [-0.3, -0.25) is 0 Å². The molecule has 2 unspecified atom stereocenters. The molecule has 0 spiro atoms. The standard InChI is InChI=1S/C13H16F3N3O2/c14-13(15,16)21-9-6-4-8(5-7-9)18-12(20)19-11-3-1-2-10(11)17/h4-7,10-11H,1-3,17H2,(H2,18,19,20). The molecule has 2 rings (SSSR count). The van der Waals surface area contributed by atoms with E-state index in [4.69, 9.17) is 5.73 Å². The van der Waals surface area contributed by atoms with Gasteiger partial charge in [-0.05, 0) is 43.5 Å². The van der Waals surface area contributed by atoms with Crippen LogP contribution < -0.4 is 21.1 Å². The Balaban J connectivity index is 1.86. The van der Waals surface area contributed by atoms with Crippen molar-refractivity contribution in [3.8, 4) is 5.75 Å². The van der Waals surface area contributed by atoms with Crippen LogP contribution in [0.4, 0.5) is 23.7 Å². The summed E-state index contributed by atoms with van der Waals surface area (Å²) in [6.45, 7) is 0. The number of hydrogen-bond donors (Lipinski definition) is 3. The zero-order chi connectivity index (χ0) is 15.5. The molecule has 1 aliphatic rings. The number of ether oxygens (including phenoxy) is 1. The average Bonchev–Trinajstić information content (AvgIpc) is 2.76. The number of urea groups is 1. The van der Waals surface area contributed by atoms with E-state index in [0.29, 0.717) is 5.69 Å². The maximum Gasteiger partial charge on any atom is 0.573 e. The molecule has 21 heavy (non-hydrogen) atoms. The first-order valence-electron chi connectivity index (χ1n) is 6.52. The van der Waals surface area contributed by atoms with Crippen LogP contribution >= 0.6 is 0 Å². The molecule has 0 radical (unpaired) electrons. The summed E-state index contributed by atoms with van der Waals surface area (Å²) in [6, 6.07) is 4.36. The van der Waals surface area contributed by atoms with Crippen LogP contribution in [0.25, 0.3) is 0 Å². The summed E-state index contributed by atoms with van der Waals surface area (Å²) in [6.07, 6.45) is -2.07. The molecule has 4 N–H and O–H groups in total. The number of rotatable bonds is 3. The molecule has 1 aromatic carbocycles. The fourth-order valence-electron chi connectivity index (χ4n) is 2.24. The molecule has 0 heterocycles. The highest BCUT2D eigenvalue weighted by Gasteiger charge is 2.31. The van der Waals surface area contributed by atoms with Gasteiger partial charge in [-0.1, -0.05) is 0 Å². The van der Waals surface area contributed by atoms with Gasteiger partial charge in [-0.25, -0.2) is 4.79 Å². The smallest absolute Gasteiger partial charge is 0.406 e. The van der Waals surface area contributed by atoms with E-state index in [1.807, 2.05) is 0 Å². The number of benzene rings is 1. The number of carbonyl (C=O) groups is 1. The quantitative estimate of drug-likeness (QED) is 0.803. The third-order valence-electron chi connectivity index (χ3n) is 3.23. The summed E-state index contributed by atoms with van der Waals surface area (Å²) in [5.41, 5.74) is 6.20. The summed E-state index contributed by atoms with van der Waals surface area (Å²) < 4.78 is 39.7. The minimum atomic E-state index is -4.73. The minimum Gasteiger partial charge on any atom is -0.406 e. The van der Waals surface area contributed by atoms with Gasteiger partial charge < -0.3 is 21.1 Å². The third kappa shape index (κ3) is 4.82. The number of alkyl halides is 3. The van der Waals surface area contributed by atoms with Crippen LogP contribution in [0.1, 0.15) is 19.3 Å². The molecule has 0 saturated heterocycles. The van der Waals surface area contributed by atoms with Gasteiger partial charge in [-0.15, -0.1) is 13.2 Å². The van der Waals surface area contributed by atoms with E-state index in [2.05, 4.69) is 15.4 Å². The molecule has 1 aromatic rings. The topological polar surface area (TPSA) is 76.4 Å². The second-order valence-electron chi connectivity index (χ2n) is 4.87. The Morgan fingerprint density at radius 3 is 2.43 bits per heavy atom. The van der Waals surface area contributed by atoms with Crippen molar-refractivity contribution in [1.29, 1.82) is 0 Å². The second kappa shape index (κ2) is 6.21. The lowest BCUT2D eigenvalue weighted by molar-refractivity contribution is -0.274. The number of hydrogen-bond acceptors (Lipinski definition) is 3. The Kier molecular flexibility index (Phi) is 4.56. The molecule has 0 aromatic heterocycles. The fourth-order valence-corrected chi connectivity index (χ4v) is 2.24.